The number of ether oxygens (including phenoxy) is 1. The Bertz CT molecular complexity index is 637. The molecule has 1 N–H and O–H groups in total. The molecule has 0 aliphatic heterocycles. The third-order valence-corrected chi connectivity index (χ3v) is 4.71. The monoisotopic (exact) mass is 365 g/mol. The number of aryl methyl sites for hydroxylation is 1. The van der Waals surface area contributed by atoms with Crippen LogP contribution in [0.1, 0.15) is 42.4 Å². The van der Waals surface area contributed by atoms with Crippen LogP contribution in [0.4, 0.5) is 0 Å². The Morgan fingerprint density at radius 3 is 2.50 bits per heavy atom. The molecule has 0 unspecified atom stereocenters. The second kappa shape index (κ2) is 9.31. The summed E-state index contributed by atoms with van der Waals surface area (Å²) in [5.74, 6) is 0.917. The molecule has 0 radical (unpaired) electrons. The topological polar surface area (TPSA) is 21.3 Å². The predicted molar refractivity (Wildman–Crippen MR) is 103 cm³/mol. The Labute approximate surface area is 156 Å². The van der Waals surface area contributed by atoms with Gasteiger partial charge in [0.25, 0.3) is 0 Å². The lowest BCUT2D eigenvalue weighted by Crippen LogP contribution is -2.25. The van der Waals surface area contributed by atoms with E-state index in [9.17, 15) is 0 Å². The van der Waals surface area contributed by atoms with Gasteiger partial charge in [-0.3, -0.25) is 0 Å². The van der Waals surface area contributed by atoms with Crippen molar-refractivity contribution < 1.29 is 4.74 Å². The summed E-state index contributed by atoms with van der Waals surface area (Å²) in [6, 6.07) is 15.0. The highest BCUT2D eigenvalue weighted by atomic mass is 35.5. The zero-order valence-corrected chi connectivity index (χ0v) is 15.6. The zero-order chi connectivity index (χ0) is 16.1. The molecule has 1 aliphatic carbocycles. The standard InChI is InChI=1S/C20H24ClNO.ClH/c1-15-6-8-16(9-7-15)14-23-20-11-10-18(21)12-17(20)13-22-19-4-2-3-5-19;/h6-12,19,22H,2-5,13-14H2,1H3;1H. The summed E-state index contributed by atoms with van der Waals surface area (Å²) in [7, 11) is 0. The fourth-order valence-corrected chi connectivity index (χ4v) is 3.25. The number of benzene rings is 2. The van der Waals surface area contributed by atoms with Crippen molar-refractivity contribution >= 4 is 24.0 Å². The van der Waals surface area contributed by atoms with E-state index in [1.165, 1.54) is 36.8 Å². The Morgan fingerprint density at radius 2 is 1.79 bits per heavy atom. The van der Waals surface area contributed by atoms with Crippen molar-refractivity contribution in [2.24, 2.45) is 0 Å². The fraction of sp³-hybridized carbons (Fsp3) is 0.400. The van der Waals surface area contributed by atoms with E-state index in [0.717, 1.165) is 22.9 Å². The van der Waals surface area contributed by atoms with E-state index in [1.54, 1.807) is 0 Å². The molecule has 0 amide bonds. The molecule has 0 aromatic heterocycles. The van der Waals surface area contributed by atoms with E-state index in [2.05, 4.69) is 36.5 Å². The first-order chi connectivity index (χ1) is 11.2. The summed E-state index contributed by atoms with van der Waals surface area (Å²) in [6.45, 7) is 3.49. The minimum atomic E-state index is 0. The Hall–Kier alpha value is -1.22. The molecule has 4 heteroatoms. The molecule has 0 bridgehead atoms. The fourth-order valence-electron chi connectivity index (χ4n) is 3.06. The SMILES string of the molecule is Cc1ccc(COc2ccc(Cl)cc2CNC2CCCC2)cc1.Cl. The number of halogens is 2. The van der Waals surface area contributed by atoms with E-state index >= 15 is 0 Å². The van der Waals surface area contributed by atoms with Crippen LogP contribution in [0.3, 0.4) is 0 Å². The number of hydrogen-bond donors (Lipinski definition) is 1. The van der Waals surface area contributed by atoms with E-state index in [4.69, 9.17) is 16.3 Å². The molecule has 1 aliphatic rings. The van der Waals surface area contributed by atoms with Crippen LogP contribution in [-0.2, 0) is 13.2 Å². The van der Waals surface area contributed by atoms with Crippen molar-refractivity contribution in [2.75, 3.05) is 0 Å². The van der Waals surface area contributed by atoms with E-state index < -0.39 is 0 Å². The molecule has 130 valence electrons. The second-order valence-corrected chi connectivity index (χ2v) is 6.83. The van der Waals surface area contributed by atoms with Gasteiger partial charge < -0.3 is 10.1 Å². The smallest absolute Gasteiger partial charge is 0.124 e. The summed E-state index contributed by atoms with van der Waals surface area (Å²) in [6.07, 6.45) is 5.23. The van der Waals surface area contributed by atoms with Crippen LogP contribution in [0.25, 0.3) is 0 Å². The van der Waals surface area contributed by atoms with Crippen LogP contribution in [0.5, 0.6) is 5.75 Å². The van der Waals surface area contributed by atoms with Gasteiger partial charge in [-0.25, -0.2) is 0 Å². The van der Waals surface area contributed by atoms with Crippen molar-refractivity contribution in [1.82, 2.24) is 5.32 Å². The second-order valence-electron chi connectivity index (χ2n) is 6.39. The Morgan fingerprint density at radius 1 is 1.08 bits per heavy atom. The van der Waals surface area contributed by atoms with Gasteiger partial charge in [0.2, 0.25) is 0 Å². The maximum atomic E-state index is 6.16. The van der Waals surface area contributed by atoms with E-state index in [0.29, 0.717) is 12.6 Å². The number of hydrogen-bond acceptors (Lipinski definition) is 2. The number of rotatable bonds is 6. The van der Waals surface area contributed by atoms with Crippen molar-refractivity contribution in [1.29, 1.82) is 0 Å². The first-order valence-corrected chi connectivity index (χ1v) is 8.78. The van der Waals surface area contributed by atoms with Gasteiger partial charge in [0, 0.05) is 23.2 Å². The first kappa shape index (κ1) is 19.1. The molecule has 2 aromatic carbocycles. The maximum Gasteiger partial charge on any atom is 0.124 e. The van der Waals surface area contributed by atoms with Crippen LogP contribution >= 0.6 is 24.0 Å². The lowest BCUT2D eigenvalue weighted by molar-refractivity contribution is 0.301. The third kappa shape index (κ3) is 5.41. The largest absolute Gasteiger partial charge is 0.489 e. The van der Waals surface area contributed by atoms with E-state index in [1.807, 2.05) is 18.2 Å². The molecule has 24 heavy (non-hydrogen) atoms. The zero-order valence-electron chi connectivity index (χ0n) is 14.1. The van der Waals surface area contributed by atoms with Gasteiger partial charge >= 0.3 is 0 Å². The molecule has 0 atom stereocenters. The lowest BCUT2D eigenvalue weighted by Gasteiger charge is -2.16. The summed E-state index contributed by atoms with van der Waals surface area (Å²) < 4.78 is 6.03. The molecular formula is C20H25Cl2NO. The minimum Gasteiger partial charge on any atom is -0.489 e. The summed E-state index contributed by atoms with van der Waals surface area (Å²) in [4.78, 5) is 0. The average molecular weight is 366 g/mol. The molecule has 0 saturated heterocycles. The van der Waals surface area contributed by atoms with Crippen molar-refractivity contribution in [3.8, 4) is 5.75 Å². The van der Waals surface area contributed by atoms with Gasteiger partial charge in [-0.1, -0.05) is 54.3 Å². The lowest BCUT2D eigenvalue weighted by atomic mass is 10.1. The Kier molecular flexibility index (Phi) is 7.41. The number of nitrogens with one attached hydrogen (secondary N) is 1. The van der Waals surface area contributed by atoms with Gasteiger partial charge in [0.05, 0.1) is 0 Å². The van der Waals surface area contributed by atoms with E-state index in [-0.39, 0.29) is 12.4 Å². The van der Waals surface area contributed by atoms with Gasteiger partial charge in [0.15, 0.2) is 0 Å². The van der Waals surface area contributed by atoms with Crippen LogP contribution in [0, 0.1) is 6.92 Å². The highest BCUT2D eigenvalue weighted by Gasteiger charge is 2.15. The average Bonchev–Trinajstić information content (AvgIpc) is 3.07. The van der Waals surface area contributed by atoms with Gasteiger partial charge in [-0.05, 0) is 43.5 Å². The highest BCUT2D eigenvalue weighted by Crippen LogP contribution is 2.25. The van der Waals surface area contributed by atoms with Crippen LogP contribution in [0.15, 0.2) is 42.5 Å². The molecule has 0 spiro atoms. The first-order valence-electron chi connectivity index (χ1n) is 8.41. The quantitative estimate of drug-likeness (QED) is 0.710. The molecule has 2 nitrogen and oxygen atoms in total. The van der Waals surface area contributed by atoms with Crippen molar-refractivity contribution in [3.63, 3.8) is 0 Å². The van der Waals surface area contributed by atoms with Gasteiger partial charge in [-0.2, -0.15) is 0 Å². The maximum absolute atomic E-state index is 6.16. The molecule has 2 aromatic rings. The van der Waals surface area contributed by atoms with Crippen LogP contribution in [-0.4, -0.2) is 6.04 Å². The van der Waals surface area contributed by atoms with Crippen molar-refractivity contribution in [2.45, 2.75) is 51.8 Å². The third-order valence-electron chi connectivity index (χ3n) is 4.47. The Balaban J connectivity index is 0.00000208. The van der Waals surface area contributed by atoms with Crippen LogP contribution < -0.4 is 10.1 Å². The van der Waals surface area contributed by atoms with Crippen molar-refractivity contribution in [3.05, 3.63) is 64.2 Å². The molecular weight excluding hydrogens is 341 g/mol. The molecule has 1 fully saturated rings. The molecule has 1 saturated carbocycles. The summed E-state index contributed by atoms with van der Waals surface area (Å²) in [5, 5.41) is 4.39. The normalized spacial score (nSPS) is 14.4. The van der Waals surface area contributed by atoms with Crippen LogP contribution in [0.2, 0.25) is 5.02 Å². The minimum absolute atomic E-state index is 0. The molecule has 0 heterocycles. The molecule has 3 rings (SSSR count). The summed E-state index contributed by atoms with van der Waals surface area (Å²) in [5.41, 5.74) is 3.58. The highest BCUT2D eigenvalue weighted by molar-refractivity contribution is 6.30. The summed E-state index contributed by atoms with van der Waals surface area (Å²) >= 11 is 6.16. The van der Waals surface area contributed by atoms with Gasteiger partial charge in [0.1, 0.15) is 12.4 Å². The van der Waals surface area contributed by atoms with Gasteiger partial charge in [-0.15, -0.1) is 12.4 Å². The predicted octanol–water partition coefficient (Wildman–Crippen LogP) is 5.68.